The van der Waals surface area contributed by atoms with E-state index in [4.69, 9.17) is 27.9 Å². The Hall–Kier alpha value is -1.05. The van der Waals surface area contributed by atoms with Crippen molar-refractivity contribution in [2.75, 3.05) is 39.3 Å². The van der Waals surface area contributed by atoms with E-state index >= 15 is 0 Å². The van der Waals surface area contributed by atoms with Gasteiger partial charge in [0.05, 0.1) is 29.3 Å². The van der Waals surface area contributed by atoms with Crippen molar-refractivity contribution in [2.24, 2.45) is 5.92 Å². The summed E-state index contributed by atoms with van der Waals surface area (Å²) in [4.78, 5) is 25.5. The molecule has 0 aliphatic carbocycles. The Bertz CT molecular complexity index is 674. The Kier molecular flexibility index (Phi) is 8.63. The van der Waals surface area contributed by atoms with Crippen LogP contribution < -0.4 is 10.6 Å². The van der Waals surface area contributed by atoms with Crippen LogP contribution in [0.5, 0.6) is 0 Å². The Labute approximate surface area is 175 Å². The molecule has 6 nitrogen and oxygen atoms in total. The normalized spacial score (nSPS) is 22.9. The first-order valence-corrected chi connectivity index (χ1v) is 9.62. The first-order chi connectivity index (χ1) is 12.5. The lowest BCUT2D eigenvalue weighted by molar-refractivity contribution is -0.133. The Morgan fingerprint density at radius 2 is 2.15 bits per heavy atom. The SMILES string of the molecule is Cl.O=C(CN1CCCC1=O)NC[C@@H]1CNCCO[C@H]1c1ccc(Cl)c(Cl)c1. The molecule has 0 spiro atoms. The van der Waals surface area contributed by atoms with Gasteiger partial charge in [-0.15, -0.1) is 12.4 Å². The Morgan fingerprint density at radius 3 is 2.85 bits per heavy atom. The van der Waals surface area contributed by atoms with E-state index in [1.165, 1.54) is 0 Å². The monoisotopic (exact) mass is 435 g/mol. The van der Waals surface area contributed by atoms with E-state index in [2.05, 4.69) is 10.6 Å². The first-order valence-electron chi connectivity index (χ1n) is 8.86. The van der Waals surface area contributed by atoms with Gasteiger partial charge in [0.25, 0.3) is 0 Å². The smallest absolute Gasteiger partial charge is 0.239 e. The number of likely N-dealkylation sites (tertiary alicyclic amines) is 1. The third-order valence-electron chi connectivity index (χ3n) is 4.75. The van der Waals surface area contributed by atoms with Crippen molar-refractivity contribution < 1.29 is 14.3 Å². The van der Waals surface area contributed by atoms with Crippen molar-refractivity contribution in [1.29, 1.82) is 0 Å². The standard InChI is InChI=1S/C18H23Cl2N3O3.ClH/c19-14-4-3-12(8-15(14)20)18-13(9-21-5-7-26-18)10-22-16(24)11-23-6-1-2-17(23)25;/h3-4,8,13,18,21H,1-2,5-7,9-11H2,(H,22,24);1H/t13-,18-;/m0./s1. The molecule has 0 unspecified atom stereocenters. The molecule has 2 atom stereocenters. The molecule has 1 aromatic carbocycles. The number of carbonyl (C=O) groups excluding carboxylic acids is 2. The van der Waals surface area contributed by atoms with Gasteiger partial charge < -0.3 is 20.3 Å². The summed E-state index contributed by atoms with van der Waals surface area (Å²) in [5.74, 6) is -0.0429. The van der Waals surface area contributed by atoms with Crippen LogP contribution in [0, 0.1) is 5.92 Å². The molecule has 3 rings (SSSR count). The van der Waals surface area contributed by atoms with Gasteiger partial charge in [0.15, 0.2) is 0 Å². The van der Waals surface area contributed by atoms with Gasteiger partial charge in [-0.25, -0.2) is 0 Å². The van der Waals surface area contributed by atoms with Gasteiger partial charge in [0, 0.05) is 38.5 Å². The molecule has 2 amide bonds. The van der Waals surface area contributed by atoms with Gasteiger partial charge in [-0.3, -0.25) is 9.59 Å². The molecule has 0 saturated carbocycles. The lowest BCUT2D eigenvalue weighted by atomic mass is 9.95. The lowest BCUT2D eigenvalue weighted by Gasteiger charge is -2.26. The van der Waals surface area contributed by atoms with Gasteiger partial charge in [0.1, 0.15) is 0 Å². The van der Waals surface area contributed by atoms with E-state index in [1.807, 2.05) is 12.1 Å². The maximum atomic E-state index is 12.2. The molecule has 27 heavy (non-hydrogen) atoms. The molecular weight excluding hydrogens is 413 g/mol. The zero-order chi connectivity index (χ0) is 18.5. The maximum Gasteiger partial charge on any atom is 0.239 e. The van der Waals surface area contributed by atoms with E-state index in [9.17, 15) is 9.59 Å². The molecule has 2 heterocycles. The second kappa shape index (κ2) is 10.5. The van der Waals surface area contributed by atoms with Crippen molar-refractivity contribution in [2.45, 2.75) is 18.9 Å². The van der Waals surface area contributed by atoms with E-state index in [0.29, 0.717) is 42.7 Å². The molecule has 0 aromatic heterocycles. The van der Waals surface area contributed by atoms with Crippen LogP contribution in [-0.4, -0.2) is 56.0 Å². The number of amides is 2. The highest BCUT2D eigenvalue weighted by Crippen LogP contribution is 2.31. The van der Waals surface area contributed by atoms with Crippen molar-refractivity contribution in [1.82, 2.24) is 15.5 Å². The summed E-state index contributed by atoms with van der Waals surface area (Å²) in [6.07, 6.45) is 1.17. The predicted molar refractivity (Wildman–Crippen MR) is 108 cm³/mol. The highest BCUT2D eigenvalue weighted by atomic mass is 35.5. The summed E-state index contributed by atoms with van der Waals surface area (Å²) >= 11 is 12.2. The van der Waals surface area contributed by atoms with Crippen LogP contribution in [0.4, 0.5) is 0 Å². The van der Waals surface area contributed by atoms with Gasteiger partial charge in [-0.05, 0) is 24.1 Å². The van der Waals surface area contributed by atoms with Gasteiger partial charge in [0.2, 0.25) is 11.8 Å². The fourth-order valence-corrected chi connectivity index (χ4v) is 3.68. The number of rotatable bonds is 5. The summed E-state index contributed by atoms with van der Waals surface area (Å²) in [5, 5.41) is 7.26. The summed E-state index contributed by atoms with van der Waals surface area (Å²) in [5.41, 5.74) is 0.942. The average Bonchev–Trinajstić information content (AvgIpc) is 2.88. The number of hydrogen-bond donors (Lipinski definition) is 2. The van der Waals surface area contributed by atoms with Crippen LogP contribution in [0.15, 0.2) is 18.2 Å². The van der Waals surface area contributed by atoms with E-state index in [1.54, 1.807) is 11.0 Å². The number of benzene rings is 1. The van der Waals surface area contributed by atoms with Gasteiger partial charge in [-0.1, -0.05) is 29.3 Å². The molecule has 2 aliphatic heterocycles. The number of carbonyl (C=O) groups is 2. The summed E-state index contributed by atoms with van der Waals surface area (Å²) < 4.78 is 6.00. The molecule has 0 bridgehead atoms. The molecule has 1 aromatic rings. The second-order valence-corrected chi connectivity index (χ2v) is 7.47. The maximum absolute atomic E-state index is 12.2. The third kappa shape index (κ3) is 5.96. The number of ether oxygens (including phenoxy) is 1. The van der Waals surface area contributed by atoms with Crippen LogP contribution >= 0.6 is 35.6 Å². The minimum absolute atomic E-state index is 0. The van der Waals surface area contributed by atoms with Crippen LogP contribution in [0.25, 0.3) is 0 Å². The average molecular weight is 437 g/mol. The molecular formula is C18H24Cl3N3O3. The van der Waals surface area contributed by atoms with Gasteiger partial charge in [-0.2, -0.15) is 0 Å². The van der Waals surface area contributed by atoms with Crippen LogP contribution in [0.3, 0.4) is 0 Å². The molecule has 2 saturated heterocycles. The minimum Gasteiger partial charge on any atom is -0.372 e. The fourth-order valence-electron chi connectivity index (χ4n) is 3.37. The highest BCUT2D eigenvalue weighted by molar-refractivity contribution is 6.42. The topological polar surface area (TPSA) is 70.7 Å². The van der Waals surface area contributed by atoms with E-state index < -0.39 is 0 Å². The molecule has 2 aliphatic rings. The number of nitrogens with one attached hydrogen (secondary N) is 2. The second-order valence-electron chi connectivity index (χ2n) is 6.65. The van der Waals surface area contributed by atoms with Crippen LogP contribution in [0.1, 0.15) is 24.5 Å². The van der Waals surface area contributed by atoms with E-state index in [-0.39, 0.29) is 42.8 Å². The highest BCUT2D eigenvalue weighted by Gasteiger charge is 2.28. The lowest BCUT2D eigenvalue weighted by Crippen LogP contribution is -2.42. The molecule has 9 heteroatoms. The molecule has 0 radical (unpaired) electrons. The van der Waals surface area contributed by atoms with Crippen LogP contribution in [0.2, 0.25) is 10.0 Å². The first kappa shape index (κ1) is 22.2. The Balaban J connectivity index is 0.00000261. The van der Waals surface area contributed by atoms with Crippen molar-refractivity contribution in [3.05, 3.63) is 33.8 Å². The van der Waals surface area contributed by atoms with E-state index in [0.717, 1.165) is 18.5 Å². The summed E-state index contributed by atoms with van der Waals surface area (Å²) in [7, 11) is 0. The Morgan fingerprint density at radius 1 is 1.33 bits per heavy atom. The van der Waals surface area contributed by atoms with Crippen molar-refractivity contribution >= 4 is 47.4 Å². The summed E-state index contributed by atoms with van der Waals surface area (Å²) in [6.45, 7) is 3.29. The van der Waals surface area contributed by atoms with Gasteiger partial charge >= 0.3 is 0 Å². The summed E-state index contributed by atoms with van der Waals surface area (Å²) in [6, 6.07) is 5.48. The number of halogens is 3. The fraction of sp³-hybridized carbons (Fsp3) is 0.556. The quantitative estimate of drug-likeness (QED) is 0.744. The molecule has 2 N–H and O–H groups in total. The zero-order valence-electron chi connectivity index (χ0n) is 14.9. The third-order valence-corrected chi connectivity index (χ3v) is 5.49. The number of nitrogens with zero attached hydrogens (tertiary/aromatic N) is 1. The molecule has 150 valence electrons. The van der Waals surface area contributed by atoms with Crippen molar-refractivity contribution in [3.8, 4) is 0 Å². The molecule has 2 fully saturated rings. The number of hydrogen-bond acceptors (Lipinski definition) is 4. The van der Waals surface area contributed by atoms with Crippen LogP contribution in [-0.2, 0) is 14.3 Å². The minimum atomic E-state index is -0.187. The zero-order valence-corrected chi connectivity index (χ0v) is 17.2. The largest absolute Gasteiger partial charge is 0.372 e. The van der Waals surface area contributed by atoms with Crippen molar-refractivity contribution in [3.63, 3.8) is 0 Å². The predicted octanol–water partition coefficient (Wildman–Crippen LogP) is 2.43.